The number of carbonyl (C=O) groups is 2. The van der Waals surface area contributed by atoms with Gasteiger partial charge in [-0.2, -0.15) is 0 Å². The van der Waals surface area contributed by atoms with Crippen LogP contribution in [0.5, 0.6) is 5.75 Å². The molecule has 0 aromatic heterocycles. The van der Waals surface area contributed by atoms with Crippen LogP contribution in [0.3, 0.4) is 0 Å². The van der Waals surface area contributed by atoms with E-state index in [9.17, 15) is 9.59 Å². The Balaban J connectivity index is 1.56. The number of ether oxygens (including phenoxy) is 2. The molecule has 1 N–H and O–H groups in total. The molecular weight excluding hydrogens is 458 g/mol. The number of halogens is 1. The molecular formula is C25H24BrNO4. The third kappa shape index (κ3) is 4.74. The van der Waals surface area contributed by atoms with E-state index in [1.54, 1.807) is 0 Å². The van der Waals surface area contributed by atoms with Crippen molar-refractivity contribution in [2.75, 3.05) is 13.2 Å². The number of hydrogen-bond donors (Lipinski definition) is 1. The Kier molecular flexibility index (Phi) is 6.56. The number of nitrogens with one attached hydrogen (secondary N) is 1. The minimum Gasteiger partial charge on any atom is -0.490 e. The predicted octanol–water partition coefficient (Wildman–Crippen LogP) is 5.04. The van der Waals surface area contributed by atoms with E-state index >= 15 is 0 Å². The highest BCUT2D eigenvalue weighted by atomic mass is 79.9. The van der Waals surface area contributed by atoms with E-state index in [0.29, 0.717) is 17.6 Å². The zero-order valence-electron chi connectivity index (χ0n) is 17.3. The zero-order chi connectivity index (χ0) is 21.8. The Morgan fingerprint density at radius 2 is 1.90 bits per heavy atom. The fourth-order valence-corrected chi connectivity index (χ4v) is 4.58. The number of dihydropyridines is 1. The van der Waals surface area contributed by atoms with Crippen molar-refractivity contribution in [1.29, 1.82) is 0 Å². The molecule has 0 saturated heterocycles. The van der Waals surface area contributed by atoms with Crippen molar-refractivity contribution in [2.45, 2.75) is 32.1 Å². The van der Waals surface area contributed by atoms with Gasteiger partial charge >= 0.3 is 5.97 Å². The predicted molar refractivity (Wildman–Crippen MR) is 121 cm³/mol. The number of Topliss-reactive ketones (excluding diaryl/α,β-unsaturated/α-hetero) is 1. The van der Waals surface area contributed by atoms with Gasteiger partial charge in [0.1, 0.15) is 19.0 Å². The van der Waals surface area contributed by atoms with Crippen LogP contribution < -0.4 is 10.1 Å². The Morgan fingerprint density at radius 3 is 2.68 bits per heavy atom. The van der Waals surface area contributed by atoms with Crippen molar-refractivity contribution < 1.29 is 19.1 Å². The number of ketones is 1. The van der Waals surface area contributed by atoms with Crippen molar-refractivity contribution in [3.05, 3.63) is 87.2 Å². The molecule has 2 aromatic rings. The fraction of sp³-hybridized carbons (Fsp3) is 0.280. The highest BCUT2D eigenvalue weighted by Gasteiger charge is 2.39. The summed E-state index contributed by atoms with van der Waals surface area (Å²) < 4.78 is 12.1. The van der Waals surface area contributed by atoms with Crippen molar-refractivity contribution in [3.8, 4) is 5.75 Å². The lowest BCUT2D eigenvalue weighted by molar-refractivity contribution is -0.140. The van der Waals surface area contributed by atoms with E-state index in [0.717, 1.165) is 40.0 Å². The molecule has 0 unspecified atom stereocenters. The lowest BCUT2D eigenvalue weighted by atomic mass is 9.75. The second kappa shape index (κ2) is 9.52. The summed E-state index contributed by atoms with van der Waals surface area (Å²) in [5, 5.41) is 3.30. The van der Waals surface area contributed by atoms with Crippen molar-refractivity contribution in [1.82, 2.24) is 5.32 Å². The van der Waals surface area contributed by atoms with Crippen LogP contribution in [-0.2, 0) is 14.3 Å². The van der Waals surface area contributed by atoms with E-state index in [2.05, 4.69) is 21.2 Å². The molecule has 0 spiro atoms. The quantitative estimate of drug-likeness (QED) is 0.462. The number of benzene rings is 2. The Labute approximate surface area is 190 Å². The van der Waals surface area contributed by atoms with Crippen LogP contribution in [0.4, 0.5) is 0 Å². The number of esters is 1. The molecule has 1 aliphatic carbocycles. The van der Waals surface area contributed by atoms with Crippen LogP contribution in [-0.4, -0.2) is 25.0 Å². The van der Waals surface area contributed by atoms with Gasteiger partial charge in [-0.05, 0) is 49.6 Å². The first-order valence-corrected chi connectivity index (χ1v) is 11.2. The van der Waals surface area contributed by atoms with Crippen LogP contribution in [0.1, 0.15) is 37.7 Å². The van der Waals surface area contributed by atoms with Gasteiger partial charge < -0.3 is 14.8 Å². The summed E-state index contributed by atoms with van der Waals surface area (Å²) in [4.78, 5) is 26.0. The average Bonchev–Trinajstić information content (AvgIpc) is 2.76. The first kappa shape index (κ1) is 21.4. The molecule has 6 heteroatoms. The summed E-state index contributed by atoms with van der Waals surface area (Å²) in [5.74, 6) is -0.0625. The molecule has 31 heavy (non-hydrogen) atoms. The maximum absolute atomic E-state index is 13.1. The second-order valence-electron chi connectivity index (χ2n) is 7.62. The third-order valence-electron chi connectivity index (χ3n) is 5.51. The molecule has 0 bridgehead atoms. The molecule has 1 aliphatic heterocycles. The van der Waals surface area contributed by atoms with Gasteiger partial charge in [0.15, 0.2) is 5.78 Å². The average molecular weight is 482 g/mol. The summed E-state index contributed by atoms with van der Waals surface area (Å²) in [5.41, 5.74) is 3.70. The molecule has 0 amide bonds. The zero-order valence-corrected chi connectivity index (χ0v) is 18.9. The highest BCUT2D eigenvalue weighted by molar-refractivity contribution is 9.10. The van der Waals surface area contributed by atoms with Gasteiger partial charge in [0.2, 0.25) is 0 Å². The van der Waals surface area contributed by atoms with E-state index in [-0.39, 0.29) is 19.0 Å². The van der Waals surface area contributed by atoms with E-state index < -0.39 is 11.9 Å². The standard InChI is InChI=1S/C25H24BrNO4/c1-16-22(25(29)31-14-13-30-19-9-3-2-4-10-19)23(17-7-5-8-18(26)15-17)24-20(27-16)11-6-12-21(24)28/h2-5,7-10,15,23,27H,6,11-14H2,1H3/t23-/m0/s1. The summed E-state index contributed by atoms with van der Waals surface area (Å²) >= 11 is 3.51. The first-order valence-electron chi connectivity index (χ1n) is 10.4. The van der Waals surface area contributed by atoms with Crippen LogP contribution in [0.25, 0.3) is 0 Å². The van der Waals surface area contributed by atoms with Crippen molar-refractivity contribution in [3.63, 3.8) is 0 Å². The van der Waals surface area contributed by atoms with E-state index in [1.165, 1.54) is 0 Å². The number of rotatable bonds is 6. The summed E-state index contributed by atoms with van der Waals surface area (Å²) in [7, 11) is 0. The number of carbonyl (C=O) groups excluding carboxylic acids is 2. The van der Waals surface area contributed by atoms with Crippen molar-refractivity contribution in [2.24, 2.45) is 0 Å². The molecule has 2 aliphatic rings. The van der Waals surface area contributed by atoms with Gasteiger partial charge in [-0.1, -0.05) is 46.3 Å². The summed E-state index contributed by atoms with van der Waals surface area (Å²) in [6.45, 7) is 2.24. The summed E-state index contributed by atoms with van der Waals surface area (Å²) in [6.07, 6.45) is 2.12. The fourth-order valence-electron chi connectivity index (χ4n) is 4.16. The normalized spacial score (nSPS) is 18.4. The number of hydrogen-bond acceptors (Lipinski definition) is 5. The van der Waals surface area contributed by atoms with Crippen LogP contribution >= 0.6 is 15.9 Å². The highest BCUT2D eigenvalue weighted by Crippen LogP contribution is 2.42. The largest absolute Gasteiger partial charge is 0.490 e. The van der Waals surface area contributed by atoms with E-state index in [1.807, 2.05) is 61.5 Å². The maximum atomic E-state index is 13.1. The first-order chi connectivity index (χ1) is 15.0. The minimum atomic E-state index is -0.441. The smallest absolute Gasteiger partial charge is 0.336 e. The molecule has 4 rings (SSSR count). The second-order valence-corrected chi connectivity index (χ2v) is 8.53. The van der Waals surface area contributed by atoms with Gasteiger partial charge in [-0.3, -0.25) is 4.79 Å². The summed E-state index contributed by atoms with van der Waals surface area (Å²) in [6, 6.07) is 17.1. The van der Waals surface area contributed by atoms with E-state index in [4.69, 9.17) is 9.47 Å². The van der Waals surface area contributed by atoms with Gasteiger partial charge in [0.05, 0.1) is 5.57 Å². The monoisotopic (exact) mass is 481 g/mol. The van der Waals surface area contributed by atoms with Gasteiger partial charge in [0.25, 0.3) is 0 Å². The van der Waals surface area contributed by atoms with Gasteiger partial charge in [0, 0.05) is 33.8 Å². The topological polar surface area (TPSA) is 64.6 Å². The Bertz CT molecular complexity index is 1060. The van der Waals surface area contributed by atoms with Gasteiger partial charge in [-0.25, -0.2) is 4.79 Å². The number of para-hydroxylation sites is 1. The molecule has 2 aromatic carbocycles. The van der Waals surface area contributed by atoms with Crippen molar-refractivity contribution >= 4 is 27.7 Å². The molecule has 5 nitrogen and oxygen atoms in total. The molecule has 0 fully saturated rings. The molecule has 1 heterocycles. The Morgan fingerprint density at radius 1 is 1.10 bits per heavy atom. The van der Waals surface area contributed by atoms with Crippen LogP contribution in [0.15, 0.2) is 81.6 Å². The lowest BCUT2D eigenvalue weighted by Gasteiger charge is -2.34. The molecule has 160 valence electrons. The maximum Gasteiger partial charge on any atom is 0.336 e. The minimum absolute atomic E-state index is 0.0870. The molecule has 0 saturated carbocycles. The lowest BCUT2D eigenvalue weighted by Crippen LogP contribution is -2.34. The SMILES string of the molecule is CC1=C(C(=O)OCCOc2ccccc2)[C@H](c2cccc(Br)c2)C2=C(CCCC2=O)N1. The Hall–Kier alpha value is -2.86. The molecule has 1 atom stereocenters. The van der Waals surface area contributed by atoms with Crippen LogP contribution in [0.2, 0.25) is 0 Å². The third-order valence-corrected chi connectivity index (χ3v) is 6.00. The molecule has 0 radical (unpaired) electrons. The van der Waals surface area contributed by atoms with Crippen LogP contribution in [0, 0.1) is 0 Å². The number of allylic oxidation sites excluding steroid dienone is 3. The van der Waals surface area contributed by atoms with Gasteiger partial charge in [-0.15, -0.1) is 0 Å².